The average molecular weight is 480 g/mol. The summed E-state index contributed by atoms with van der Waals surface area (Å²) in [5, 5.41) is 2.68. The highest BCUT2D eigenvalue weighted by Gasteiger charge is 2.13. The minimum absolute atomic E-state index is 0.148. The smallest absolute Gasteiger partial charge is 0.316 e. The second-order valence-corrected chi connectivity index (χ2v) is 8.44. The van der Waals surface area contributed by atoms with E-state index < -0.39 is 0 Å². The number of carbonyl (C=O) groups excluding carboxylic acids is 1. The molecule has 3 rings (SSSR count). The molecule has 8 heteroatoms. The zero-order valence-electron chi connectivity index (χ0n) is 15.3. The van der Waals surface area contributed by atoms with Crippen molar-refractivity contribution in [3.8, 4) is 22.1 Å². The van der Waals surface area contributed by atoms with Crippen molar-refractivity contribution in [1.29, 1.82) is 0 Å². The Hall–Kier alpha value is -2.03. The Labute approximate surface area is 180 Å². The summed E-state index contributed by atoms with van der Waals surface area (Å²) >= 11 is 6.31. The van der Waals surface area contributed by atoms with E-state index in [1.54, 1.807) is 14.2 Å². The SMILES string of the molecule is COc1ccc(-c2nc(COC(=O)CSc3ccc(Br)cc3)cs2)c(OC)c1. The summed E-state index contributed by atoms with van der Waals surface area (Å²) in [6, 6.07) is 13.4. The lowest BCUT2D eigenvalue weighted by molar-refractivity contribution is -0.141. The number of benzene rings is 2. The van der Waals surface area contributed by atoms with E-state index in [1.807, 2.05) is 47.8 Å². The Balaban J connectivity index is 1.56. The Morgan fingerprint density at radius 3 is 2.64 bits per heavy atom. The average Bonchev–Trinajstić information content (AvgIpc) is 3.20. The number of hydrogen-bond donors (Lipinski definition) is 0. The fourth-order valence-corrected chi connectivity index (χ4v) is 4.14. The maximum atomic E-state index is 12.0. The third-order valence-electron chi connectivity index (χ3n) is 3.74. The van der Waals surface area contributed by atoms with Gasteiger partial charge in [0.15, 0.2) is 0 Å². The van der Waals surface area contributed by atoms with Crippen LogP contribution in [0.1, 0.15) is 5.69 Å². The van der Waals surface area contributed by atoms with E-state index >= 15 is 0 Å². The van der Waals surface area contributed by atoms with Gasteiger partial charge < -0.3 is 14.2 Å². The topological polar surface area (TPSA) is 57.7 Å². The molecule has 28 heavy (non-hydrogen) atoms. The molecule has 0 aliphatic carbocycles. The maximum absolute atomic E-state index is 12.0. The first kappa shape index (κ1) is 20.7. The Morgan fingerprint density at radius 2 is 1.93 bits per heavy atom. The molecule has 0 fully saturated rings. The summed E-state index contributed by atoms with van der Waals surface area (Å²) in [6.07, 6.45) is 0. The number of methoxy groups -OCH3 is 2. The molecule has 0 saturated heterocycles. The van der Waals surface area contributed by atoms with Gasteiger partial charge in [-0.1, -0.05) is 15.9 Å². The number of rotatable bonds is 8. The lowest BCUT2D eigenvalue weighted by atomic mass is 10.2. The molecule has 0 unspecified atom stereocenters. The molecule has 146 valence electrons. The van der Waals surface area contributed by atoms with E-state index in [4.69, 9.17) is 14.2 Å². The predicted octanol–water partition coefficient (Wildman–Crippen LogP) is 5.43. The number of thiazole rings is 1. The zero-order chi connectivity index (χ0) is 19.9. The number of hydrogen-bond acceptors (Lipinski definition) is 7. The molecule has 1 heterocycles. The minimum atomic E-state index is -0.274. The second kappa shape index (κ2) is 9.95. The normalized spacial score (nSPS) is 10.5. The largest absolute Gasteiger partial charge is 0.497 e. The van der Waals surface area contributed by atoms with E-state index in [1.165, 1.54) is 23.1 Å². The molecule has 0 atom stereocenters. The molecule has 0 bridgehead atoms. The number of esters is 1. The number of nitrogens with zero attached hydrogens (tertiary/aromatic N) is 1. The van der Waals surface area contributed by atoms with Crippen molar-refractivity contribution >= 4 is 45.0 Å². The molecular weight excluding hydrogens is 462 g/mol. The quantitative estimate of drug-likeness (QED) is 0.317. The van der Waals surface area contributed by atoms with Gasteiger partial charge in [-0.25, -0.2) is 4.98 Å². The third kappa shape index (κ3) is 5.50. The lowest BCUT2D eigenvalue weighted by Crippen LogP contribution is -2.07. The van der Waals surface area contributed by atoms with Crippen LogP contribution in [0.5, 0.6) is 11.5 Å². The molecule has 0 N–H and O–H groups in total. The van der Waals surface area contributed by atoms with Gasteiger partial charge in [-0.05, 0) is 36.4 Å². The van der Waals surface area contributed by atoms with Gasteiger partial charge >= 0.3 is 5.97 Å². The maximum Gasteiger partial charge on any atom is 0.316 e. The van der Waals surface area contributed by atoms with Crippen LogP contribution in [0.3, 0.4) is 0 Å². The number of ether oxygens (including phenoxy) is 3. The molecule has 0 amide bonds. The van der Waals surface area contributed by atoms with Crippen LogP contribution in [0, 0.1) is 0 Å². The van der Waals surface area contributed by atoms with Gasteiger partial charge in [0.05, 0.1) is 31.2 Å². The van der Waals surface area contributed by atoms with Crippen LogP contribution in [0.4, 0.5) is 0 Å². The number of carbonyl (C=O) groups is 1. The molecule has 0 aliphatic rings. The van der Waals surface area contributed by atoms with E-state index in [2.05, 4.69) is 20.9 Å². The summed E-state index contributed by atoms with van der Waals surface area (Å²) in [5.41, 5.74) is 1.58. The van der Waals surface area contributed by atoms with Crippen molar-refractivity contribution in [2.75, 3.05) is 20.0 Å². The van der Waals surface area contributed by atoms with Gasteiger partial charge in [-0.15, -0.1) is 23.1 Å². The van der Waals surface area contributed by atoms with Crippen molar-refractivity contribution in [2.45, 2.75) is 11.5 Å². The van der Waals surface area contributed by atoms with Crippen LogP contribution < -0.4 is 9.47 Å². The summed E-state index contributed by atoms with van der Waals surface area (Å²) in [4.78, 5) is 17.6. The van der Waals surface area contributed by atoms with Crippen molar-refractivity contribution < 1.29 is 19.0 Å². The second-order valence-electron chi connectivity index (χ2n) is 5.61. The van der Waals surface area contributed by atoms with Crippen LogP contribution in [-0.4, -0.2) is 30.9 Å². The van der Waals surface area contributed by atoms with E-state index in [0.717, 1.165) is 25.7 Å². The first-order valence-corrected chi connectivity index (χ1v) is 11.0. The minimum Gasteiger partial charge on any atom is -0.497 e. The Kier molecular flexibility index (Phi) is 7.36. The lowest BCUT2D eigenvalue weighted by Gasteiger charge is -2.08. The van der Waals surface area contributed by atoms with Crippen LogP contribution in [-0.2, 0) is 16.1 Å². The summed E-state index contributed by atoms with van der Waals surface area (Å²) in [7, 11) is 3.22. The van der Waals surface area contributed by atoms with Crippen LogP contribution in [0.2, 0.25) is 0 Å². The molecule has 0 radical (unpaired) electrons. The monoisotopic (exact) mass is 479 g/mol. The fraction of sp³-hybridized carbons (Fsp3) is 0.200. The molecule has 1 aromatic heterocycles. The molecule has 2 aromatic carbocycles. The number of thioether (sulfide) groups is 1. The van der Waals surface area contributed by atoms with Crippen molar-refractivity contribution in [3.63, 3.8) is 0 Å². The van der Waals surface area contributed by atoms with Crippen molar-refractivity contribution in [2.24, 2.45) is 0 Å². The molecule has 5 nitrogen and oxygen atoms in total. The van der Waals surface area contributed by atoms with Gasteiger partial charge in [-0.2, -0.15) is 0 Å². The third-order valence-corrected chi connectivity index (χ3v) is 6.18. The van der Waals surface area contributed by atoms with Crippen LogP contribution >= 0.6 is 39.0 Å². The number of halogens is 1. The van der Waals surface area contributed by atoms with Gasteiger partial charge in [0.2, 0.25) is 0 Å². The molecular formula is C20H18BrNO4S2. The van der Waals surface area contributed by atoms with Crippen LogP contribution in [0.15, 0.2) is 57.2 Å². The predicted molar refractivity (Wildman–Crippen MR) is 115 cm³/mol. The fourth-order valence-electron chi connectivity index (χ4n) is 2.34. The van der Waals surface area contributed by atoms with Gasteiger partial charge in [-0.3, -0.25) is 4.79 Å². The van der Waals surface area contributed by atoms with Gasteiger partial charge in [0.25, 0.3) is 0 Å². The first-order valence-electron chi connectivity index (χ1n) is 8.30. The Bertz CT molecular complexity index is 944. The number of aromatic nitrogens is 1. The zero-order valence-corrected chi connectivity index (χ0v) is 18.5. The highest BCUT2D eigenvalue weighted by Crippen LogP contribution is 2.35. The summed E-state index contributed by atoms with van der Waals surface area (Å²) < 4.78 is 17.0. The highest BCUT2D eigenvalue weighted by molar-refractivity contribution is 9.10. The molecule has 0 saturated carbocycles. The van der Waals surface area contributed by atoms with Crippen molar-refractivity contribution in [3.05, 3.63) is 58.0 Å². The van der Waals surface area contributed by atoms with E-state index in [-0.39, 0.29) is 18.3 Å². The molecule has 3 aromatic rings. The first-order chi connectivity index (χ1) is 13.6. The Morgan fingerprint density at radius 1 is 1.14 bits per heavy atom. The highest BCUT2D eigenvalue weighted by atomic mass is 79.9. The van der Waals surface area contributed by atoms with E-state index in [0.29, 0.717) is 11.4 Å². The summed E-state index contributed by atoms with van der Waals surface area (Å²) in [6.45, 7) is 0.148. The van der Waals surface area contributed by atoms with Crippen LogP contribution in [0.25, 0.3) is 10.6 Å². The summed E-state index contributed by atoms with van der Waals surface area (Å²) in [5.74, 6) is 1.38. The van der Waals surface area contributed by atoms with Gasteiger partial charge in [0, 0.05) is 20.8 Å². The molecule has 0 aliphatic heterocycles. The van der Waals surface area contributed by atoms with Gasteiger partial charge in [0.1, 0.15) is 23.1 Å². The standard InChI is InChI=1S/C20H18BrNO4S2/c1-24-15-5-8-17(18(9-15)25-2)20-22-14(11-28-20)10-26-19(23)12-27-16-6-3-13(21)4-7-16/h3-9,11H,10,12H2,1-2H3. The van der Waals surface area contributed by atoms with E-state index in [9.17, 15) is 4.79 Å². The van der Waals surface area contributed by atoms with Crippen molar-refractivity contribution in [1.82, 2.24) is 4.98 Å². The molecule has 0 spiro atoms.